The highest BCUT2D eigenvalue weighted by Crippen LogP contribution is 2.19. The van der Waals surface area contributed by atoms with Crippen LogP contribution < -0.4 is 0 Å². The van der Waals surface area contributed by atoms with Gasteiger partial charge in [-0.15, -0.1) is 0 Å². The standard InChI is InChI=1S/C35H70N2O/c1-3-5-7-9-11-13-15-17-18-19-21-23-25-27-29-34(33-38)37-32-31-36-35(37)30-28-26-24-22-20-16-14-12-10-8-6-4-2/h34,38H,3-33H2,1-2H3. The number of aliphatic imine (C=N–C) groups is 1. The zero-order valence-electron chi connectivity index (χ0n) is 26.3. The van der Waals surface area contributed by atoms with Crippen molar-refractivity contribution in [3.05, 3.63) is 0 Å². The van der Waals surface area contributed by atoms with Crippen LogP contribution >= 0.6 is 0 Å². The molecule has 0 saturated heterocycles. The lowest BCUT2D eigenvalue weighted by Gasteiger charge is -2.29. The third-order valence-corrected chi connectivity index (χ3v) is 8.76. The summed E-state index contributed by atoms with van der Waals surface area (Å²) in [4.78, 5) is 7.28. The van der Waals surface area contributed by atoms with Gasteiger partial charge < -0.3 is 10.0 Å². The van der Waals surface area contributed by atoms with Gasteiger partial charge in [0, 0.05) is 13.0 Å². The molecule has 0 aromatic rings. The maximum atomic E-state index is 10.1. The smallest absolute Gasteiger partial charge is 0.0993 e. The fourth-order valence-corrected chi connectivity index (χ4v) is 6.17. The molecule has 1 rings (SSSR count). The maximum absolute atomic E-state index is 10.1. The highest BCUT2D eigenvalue weighted by Gasteiger charge is 2.24. The van der Waals surface area contributed by atoms with Gasteiger partial charge >= 0.3 is 0 Å². The molecule has 1 heterocycles. The van der Waals surface area contributed by atoms with Crippen molar-refractivity contribution < 1.29 is 5.11 Å². The van der Waals surface area contributed by atoms with Crippen molar-refractivity contribution in [2.75, 3.05) is 19.7 Å². The van der Waals surface area contributed by atoms with E-state index in [1.807, 2.05) is 0 Å². The summed E-state index contributed by atoms with van der Waals surface area (Å²) < 4.78 is 0. The second-order valence-corrected chi connectivity index (χ2v) is 12.4. The lowest BCUT2D eigenvalue weighted by atomic mass is 10.0. The molecule has 0 fully saturated rings. The van der Waals surface area contributed by atoms with E-state index in [0.29, 0.717) is 6.04 Å². The molecule has 0 amide bonds. The second kappa shape index (κ2) is 28.0. The van der Waals surface area contributed by atoms with Crippen molar-refractivity contribution in [1.82, 2.24) is 4.90 Å². The van der Waals surface area contributed by atoms with E-state index < -0.39 is 0 Å². The van der Waals surface area contributed by atoms with E-state index in [1.165, 1.54) is 173 Å². The number of hydrogen-bond acceptors (Lipinski definition) is 3. The maximum Gasteiger partial charge on any atom is 0.0993 e. The first-order valence-electron chi connectivity index (χ1n) is 17.7. The predicted molar refractivity (Wildman–Crippen MR) is 171 cm³/mol. The zero-order chi connectivity index (χ0) is 27.4. The van der Waals surface area contributed by atoms with E-state index >= 15 is 0 Å². The van der Waals surface area contributed by atoms with Crippen LogP contribution in [0.15, 0.2) is 4.99 Å². The molecule has 1 aliphatic heterocycles. The molecule has 0 aliphatic carbocycles. The van der Waals surface area contributed by atoms with Crippen LogP contribution in [0.5, 0.6) is 0 Å². The van der Waals surface area contributed by atoms with Crippen molar-refractivity contribution in [3.63, 3.8) is 0 Å². The van der Waals surface area contributed by atoms with Crippen molar-refractivity contribution in [1.29, 1.82) is 0 Å². The van der Waals surface area contributed by atoms with E-state index in [9.17, 15) is 5.11 Å². The van der Waals surface area contributed by atoms with Crippen molar-refractivity contribution in [2.45, 2.75) is 200 Å². The van der Waals surface area contributed by atoms with Gasteiger partial charge in [-0.05, 0) is 12.8 Å². The summed E-state index contributed by atoms with van der Waals surface area (Å²) in [6.07, 6.45) is 38.7. The molecule has 1 unspecified atom stereocenters. The van der Waals surface area contributed by atoms with Crippen LogP contribution in [0.2, 0.25) is 0 Å². The molecule has 0 bridgehead atoms. The Bertz CT molecular complexity index is 506. The first-order chi connectivity index (χ1) is 18.8. The van der Waals surface area contributed by atoms with Crippen LogP contribution in [0.3, 0.4) is 0 Å². The molecule has 0 radical (unpaired) electrons. The summed E-state index contributed by atoms with van der Waals surface area (Å²) in [5.74, 6) is 1.29. The average molecular weight is 535 g/mol. The Balaban J connectivity index is 1.96. The van der Waals surface area contributed by atoms with Crippen LogP contribution in [0.4, 0.5) is 0 Å². The van der Waals surface area contributed by atoms with E-state index in [4.69, 9.17) is 4.99 Å². The minimum atomic E-state index is 0.288. The molecule has 3 nitrogen and oxygen atoms in total. The molecular formula is C35H70N2O. The molecule has 1 aliphatic rings. The van der Waals surface area contributed by atoms with Gasteiger partial charge in [0.25, 0.3) is 0 Å². The number of rotatable bonds is 30. The number of nitrogens with zero attached hydrogens (tertiary/aromatic N) is 2. The Labute approximate surface area is 240 Å². The second-order valence-electron chi connectivity index (χ2n) is 12.4. The normalized spacial score (nSPS) is 14.4. The predicted octanol–water partition coefficient (Wildman–Crippen LogP) is 11.0. The van der Waals surface area contributed by atoms with Gasteiger partial charge in [-0.1, -0.05) is 174 Å². The summed E-state index contributed by atoms with van der Waals surface area (Å²) in [5.41, 5.74) is 0. The van der Waals surface area contributed by atoms with Gasteiger partial charge in [0.15, 0.2) is 0 Å². The summed E-state index contributed by atoms with van der Waals surface area (Å²) >= 11 is 0. The monoisotopic (exact) mass is 535 g/mol. The van der Waals surface area contributed by atoms with Gasteiger partial charge in [-0.25, -0.2) is 0 Å². The Morgan fingerprint density at radius 3 is 1.32 bits per heavy atom. The van der Waals surface area contributed by atoms with E-state index in [1.54, 1.807) is 0 Å². The lowest BCUT2D eigenvalue weighted by Crippen LogP contribution is -2.40. The number of amidine groups is 1. The lowest BCUT2D eigenvalue weighted by molar-refractivity contribution is 0.175. The number of aliphatic hydroxyl groups is 1. The molecule has 38 heavy (non-hydrogen) atoms. The Morgan fingerprint density at radius 2 is 0.921 bits per heavy atom. The van der Waals surface area contributed by atoms with Crippen molar-refractivity contribution in [2.24, 2.45) is 4.99 Å². The SMILES string of the molecule is CCCCCCCCCCCCCCCCC(CO)N1CCN=C1CCCCCCCCCCCCCC. The summed E-state index contributed by atoms with van der Waals surface area (Å²) in [5, 5.41) is 10.1. The van der Waals surface area contributed by atoms with Gasteiger partial charge in [-0.2, -0.15) is 0 Å². The number of unbranched alkanes of at least 4 members (excludes halogenated alkanes) is 24. The first-order valence-corrected chi connectivity index (χ1v) is 17.7. The molecular weight excluding hydrogens is 464 g/mol. The molecule has 1 N–H and O–H groups in total. The molecule has 0 spiro atoms. The largest absolute Gasteiger partial charge is 0.394 e. The Kier molecular flexibility index (Phi) is 26.1. The van der Waals surface area contributed by atoms with E-state index in [0.717, 1.165) is 25.9 Å². The van der Waals surface area contributed by atoms with E-state index in [-0.39, 0.29) is 6.61 Å². The van der Waals surface area contributed by atoms with Gasteiger partial charge in [-0.3, -0.25) is 4.99 Å². The zero-order valence-corrected chi connectivity index (χ0v) is 26.3. The summed E-state index contributed by atoms with van der Waals surface area (Å²) in [6, 6.07) is 0.297. The molecule has 0 saturated carbocycles. The molecule has 226 valence electrons. The van der Waals surface area contributed by atoms with Crippen LogP contribution in [-0.4, -0.2) is 41.6 Å². The minimum Gasteiger partial charge on any atom is -0.394 e. The van der Waals surface area contributed by atoms with Crippen LogP contribution in [0.1, 0.15) is 194 Å². The highest BCUT2D eigenvalue weighted by molar-refractivity contribution is 5.84. The quantitative estimate of drug-likeness (QED) is 0.0930. The molecule has 3 heteroatoms. The first kappa shape index (κ1) is 35.5. The van der Waals surface area contributed by atoms with Crippen LogP contribution in [0.25, 0.3) is 0 Å². The van der Waals surface area contributed by atoms with Crippen LogP contribution in [-0.2, 0) is 0 Å². The molecule has 0 aromatic carbocycles. The van der Waals surface area contributed by atoms with E-state index in [2.05, 4.69) is 18.7 Å². The highest BCUT2D eigenvalue weighted by atomic mass is 16.3. The number of hydrogen-bond donors (Lipinski definition) is 1. The topological polar surface area (TPSA) is 35.8 Å². The summed E-state index contributed by atoms with van der Waals surface area (Å²) in [7, 11) is 0. The Hall–Kier alpha value is -0.570. The minimum absolute atomic E-state index is 0.288. The third kappa shape index (κ3) is 20.3. The molecule has 0 aromatic heterocycles. The third-order valence-electron chi connectivity index (χ3n) is 8.76. The van der Waals surface area contributed by atoms with Crippen molar-refractivity contribution in [3.8, 4) is 0 Å². The van der Waals surface area contributed by atoms with Gasteiger partial charge in [0.05, 0.1) is 25.0 Å². The summed E-state index contributed by atoms with van der Waals surface area (Å²) in [6.45, 7) is 6.84. The average Bonchev–Trinajstić information content (AvgIpc) is 3.40. The van der Waals surface area contributed by atoms with Crippen LogP contribution in [0, 0.1) is 0 Å². The number of aliphatic hydroxyl groups excluding tert-OH is 1. The Morgan fingerprint density at radius 1 is 0.553 bits per heavy atom. The molecule has 1 atom stereocenters. The van der Waals surface area contributed by atoms with Crippen molar-refractivity contribution >= 4 is 5.84 Å². The van der Waals surface area contributed by atoms with Gasteiger partial charge in [0.1, 0.15) is 0 Å². The fourth-order valence-electron chi connectivity index (χ4n) is 6.17. The fraction of sp³-hybridized carbons (Fsp3) is 0.971. The van der Waals surface area contributed by atoms with Gasteiger partial charge in [0.2, 0.25) is 0 Å².